The van der Waals surface area contributed by atoms with Gasteiger partial charge in [-0.3, -0.25) is 4.79 Å². The SMILES string of the molecule is O=C(c1cc2nc(-c3ccc(Cl)cc3)cc(C(F)(F)F)n2n1)N1CCCCCC1. The molecule has 0 N–H and O–H groups in total. The summed E-state index contributed by atoms with van der Waals surface area (Å²) >= 11 is 5.86. The molecule has 1 aliphatic rings. The topological polar surface area (TPSA) is 50.5 Å². The zero-order valence-electron chi connectivity index (χ0n) is 15.4. The normalized spacial score (nSPS) is 15.5. The van der Waals surface area contributed by atoms with Crippen LogP contribution in [0.2, 0.25) is 5.02 Å². The lowest BCUT2D eigenvalue weighted by atomic mass is 10.1. The van der Waals surface area contributed by atoms with Gasteiger partial charge in [0.25, 0.3) is 5.91 Å². The van der Waals surface area contributed by atoms with Gasteiger partial charge < -0.3 is 4.90 Å². The number of benzene rings is 1. The summed E-state index contributed by atoms with van der Waals surface area (Å²) in [7, 11) is 0. The summed E-state index contributed by atoms with van der Waals surface area (Å²) in [6.45, 7) is 1.17. The fourth-order valence-electron chi connectivity index (χ4n) is 3.49. The predicted molar refractivity (Wildman–Crippen MR) is 103 cm³/mol. The van der Waals surface area contributed by atoms with Gasteiger partial charge in [-0.15, -0.1) is 0 Å². The number of carbonyl (C=O) groups excluding carboxylic acids is 1. The van der Waals surface area contributed by atoms with Crippen LogP contribution in [-0.2, 0) is 6.18 Å². The maximum atomic E-state index is 13.7. The van der Waals surface area contributed by atoms with Crippen molar-refractivity contribution < 1.29 is 18.0 Å². The van der Waals surface area contributed by atoms with E-state index < -0.39 is 11.9 Å². The minimum Gasteiger partial charge on any atom is -0.337 e. The van der Waals surface area contributed by atoms with Crippen molar-refractivity contribution in [3.63, 3.8) is 0 Å². The summed E-state index contributed by atoms with van der Waals surface area (Å²) in [5.41, 5.74) is -0.414. The summed E-state index contributed by atoms with van der Waals surface area (Å²) in [5.74, 6) is -0.362. The molecule has 0 bridgehead atoms. The molecule has 1 saturated heterocycles. The van der Waals surface area contributed by atoms with E-state index in [1.807, 2.05) is 0 Å². The number of carbonyl (C=O) groups is 1. The summed E-state index contributed by atoms with van der Waals surface area (Å²) in [4.78, 5) is 18.8. The molecule has 2 aromatic heterocycles. The van der Waals surface area contributed by atoms with Crippen LogP contribution in [-0.4, -0.2) is 38.5 Å². The number of likely N-dealkylation sites (tertiary alicyclic amines) is 1. The van der Waals surface area contributed by atoms with E-state index in [4.69, 9.17) is 11.6 Å². The minimum atomic E-state index is -4.66. The molecule has 0 radical (unpaired) electrons. The molecule has 1 fully saturated rings. The summed E-state index contributed by atoms with van der Waals surface area (Å²) in [5, 5.41) is 4.43. The van der Waals surface area contributed by atoms with Crippen molar-refractivity contribution >= 4 is 23.2 Å². The molecule has 1 aromatic carbocycles. The van der Waals surface area contributed by atoms with Gasteiger partial charge in [-0.2, -0.15) is 18.3 Å². The van der Waals surface area contributed by atoms with Crippen LogP contribution >= 0.6 is 11.6 Å². The molecule has 0 spiro atoms. The van der Waals surface area contributed by atoms with Crippen LogP contribution in [0.5, 0.6) is 0 Å². The van der Waals surface area contributed by atoms with Crippen molar-refractivity contribution in [1.29, 1.82) is 0 Å². The first-order chi connectivity index (χ1) is 13.8. The lowest BCUT2D eigenvalue weighted by Gasteiger charge is -2.18. The summed E-state index contributed by atoms with van der Waals surface area (Å²) < 4.78 is 41.8. The maximum absolute atomic E-state index is 13.7. The molecule has 5 nitrogen and oxygen atoms in total. The third kappa shape index (κ3) is 4.07. The molecule has 9 heteroatoms. The molecule has 0 atom stereocenters. The molecular formula is C20H18ClF3N4O. The van der Waals surface area contributed by atoms with E-state index in [-0.39, 0.29) is 22.9 Å². The van der Waals surface area contributed by atoms with Crippen molar-refractivity contribution in [1.82, 2.24) is 19.5 Å². The van der Waals surface area contributed by atoms with Gasteiger partial charge in [0.1, 0.15) is 0 Å². The van der Waals surface area contributed by atoms with E-state index in [2.05, 4.69) is 10.1 Å². The molecule has 0 aliphatic carbocycles. The number of alkyl halides is 3. The highest BCUT2D eigenvalue weighted by atomic mass is 35.5. The molecule has 3 aromatic rings. The van der Waals surface area contributed by atoms with Gasteiger partial charge in [0, 0.05) is 29.7 Å². The van der Waals surface area contributed by atoms with Crippen LogP contribution < -0.4 is 0 Å². The lowest BCUT2D eigenvalue weighted by Crippen LogP contribution is -2.32. The number of halogens is 4. The van der Waals surface area contributed by atoms with Gasteiger partial charge in [-0.25, -0.2) is 9.50 Å². The van der Waals surface area contributed by atoms with Crippen LogP contribution in [0.4, 0.5) is 13.2 Å². The van der Waals surface area contributed by atoms with Crippen LogP contribution in [0.3, 0.4) is 0 Å². The fourth-order valence-corrected chi connectivity index (χ4v) is 3.61. The number of hydrogen-bond donors (Lipinski definition) is 0. The molecule has 3 heterocycles. The Morgan fingerprint density at radius 2 is 1.66 bits per heavy atom. The van der Waals surface area contributed by atoms with Crippen LogP contribution in [0.15, 0.2) is 36.4 Å². The molecule has 1 amide bonds. The number of hydrogen-bond acceptors (Lipinski definition) is 3. The number of amides is 1. The van der Waals surface area contributed by atoms with Gasteiger partial charge in [0.05, 0.1) is 5.69 Å². The Kier molecular flexibility index (Phi) is 5.21. The fraction of sp³-hybridized carbons (Fsp3) is 0.350. The highest BCUT2D eigenvalue weighted by molar-refractivity contribution is 6.30. The van der Waals surface area contributed by atoms with E-state index >= 15 is 0 Å². The number of rotatable bonds is 2. The van der Waals surface area contributed by atoms with Crippen molar-refractivity contribution in [2.75, 3.05) is 13.1 Å². The van der Waals surface area contributed by atoms with Crippen LogP contribution in [0.1, 0.15) is 41.9 Å². The minimum absolute atomic E-state index is 0.0250. The van der Waals surface area contributed by atoms with Gasteiger partial charge >= 0.3 is 6.18 Å². The number of aromatic nitrogens is 3. The Morgan fingerprint density at radius 3 is 2.28 bits per heavy atom. The average molecular weight is 423 g/mol. The third-order valence-electron chi connectivity index (χ3n) is 4.97. The van der Waals surface area contributed by atoms with E-state index in [9.17, 15) is 18.0 Å². The van der Waals surface area contributed by atoms with Gasteiger partial charge in [0.2, 0.25) is 0 Å². The number of fused-ring (bicyclic) bond motifs is 1. The molecule has 29 heavy (non-hydrogen) atoms. The Balaban J connectivity index is 1.80. The van der Waals surface area contributed by atoms with E-state index in [1.54, 1.807) is 29.2 Å². The van der Waals surface area contributed by atoms with Crippen LogP contribution in [0.25, 0.3) is 16.9 Å². The van der Waals surface area contributed by atoms with E-state index in [1.165, 1.54) is 6.07 Å². The standard InChI is InChI=1S/C20H18ClF3N4O/c21-14-7-5-13(6-8-14)15-11-17(20(22,23)24)28-18(25-15)12-16(26-28)19(29)27-9-3-1-2-4-10-27/h5-8,11-12H,1-4,9-10H2. The maximum Gasteiger partial charge on any atom is 0.433 e. The smallest absolute Gasteiger partial charge is 0.337 e. The predicted octanol–water partition coefficient (Wildman–Crippen LogP) is 5.08. The van der Waals surface area contributed by atoms with Gasteiger partial charge in [-0.05, 0) is 31.0 Å². The third-order valence-corrected chi connectivity index (χ3v) is 5.22. The molecule has 152 valence electrons. The second-order valence-corrected chi connectivity index (χ2v) is 7.47. The number of nitrogens with zero attached hydrogens (tertiary/aromatic N) is 4. The second-order valence-electron chi connectivity index (χ2n) is 7.04. The van der Waals surface area contributed by atoms with Crippen molar-refractivity contribution in [2.45, 2.75) is 31.9 Å². The zero-order valence-corrected chi connectivity index (χ0v) is 16.2. The second kappa shape index (κ2) is 7.67. The summed E-state index contributed by atoms with van der Waals surface area (Å²) in [6.07, 6.45) is -0.812. The van der Waals surface area contributed by atoms with Gasteiger partial charge in [0.15, 0.2) is 17.0 Å². The van der Waals surface area contributed by atoms with E-state index in [0.717, 1.165) is 31.7 Å². The van der Waals surface area contributed by atoms with Crippen molar-refractivity contribution in [3.8, 4) is 11.3 Å². The first-order valence-electron chi connectivity index (χ1n) is 9.36. The van der Waals surface area contributed by atoms with Gasteiger partial charge in [-0.1, -0.05) is 36.6 Å². The average Bonchev–Trinajstić information content (AvgIpc) is 2.92. The Morgan fingerprint density at radius 1 is 1.00 bits per heavy atom. The van der Waals surface area contributed by atoms with Crippen molar-refractivity contribution in [3.05, 3.63) is 52.8 Å². The van der Waals surface area contributed by atoms with E-state index in [0.29, 0.717) is 28.2 Å². The first kappa shape index (κ1) is 19.7. The molecule has 1 aliphatic heterocycles. The highest BCUT2D eigenvalue weighted by Crippen LogP contribution is 2.32. The Bertz CT molecular complexity index is 1040. The first-order valence-corrected chi connectivity index (χ1v) is 9.74. The molecule has 0 saturated carbocycles. The molecule has 4 rings (SSSR count). The highest BCUT2D eigenvalue weighted by Gasteiger charge is 2.36. The largest absolute Gasteiger partial charge is 0.433 e. The van der Waals surface area contributed by atoms with Crippen LogP contribution in [0, 0.1) is 0 Å². The quantitative estimate of drug-likeness (QED) is 0.578. The molecular weight excluding hydrogens is 405 g/mol. The Labute approximate surface area is 170 Å². The zero-order chi connectivity index (χ0) is 20.6. The lowest BCUT2D eigenvalue weighted by molar-refractivity contribution is -0.142. The monoisotopic (exact) mass is 422 g/mol. The molecule has 0 unspecified atom stereocenters. The summed E-state index contributed by atoms with van der Waals surface area (Å²) in [6, 6.07) is 8.62. The van der Waals surface area contributed by atoms with Crippen molar-refractivity contribution in [2.24, 2.45) is 0 Å². The Hall–Kier alpha value is -2.61.